The van der Waals surface area contributed by atoms with E-state index in [1.807, 2.05) is 33.0 Å². The summed E-state index contributed by atoms with van der Waals surface area (Å²) in [5.74, 6) is 1.36. The van der Waals surface area contributed by atoms with Gasteiger partial charge in [0.05, 0.1) is 6.20 Å². The zero-order valence-electron chi connectivity index (χ0n) is 22.7. The van der Waals surface area contributed by atoms with Gasteiger partial charge in [0.1, 0.15) is 17.5 Å². The Morgan fingerprint density at radius 1 is 1.14 bits per heavy atom. The number of carbonyl (C=O) groups is 2. The van der Waals surface area contributed by atoms with Crippen molar-refractivity contribution in [2.45, 2.75) is 96.3 Å². The number of nitrogens with zero attached hydrogens (tertiary/aromatic N) is 5. The predicted octanol–water partition coefficient (Wildman–Crippen LogP) is 4.43. The molecule has 202 valence electrons. The van der Waals surface area contributed by atoms with Crippen LogP contribution < -0.4 is 10.2 Å². The van der Waals surface area contributed by atoms with Gasteiger partial charge < -0.3 is 19.7 Å². The average molecular weight is 513 g/mol. The number of carbonyl (C=O) groups excluding carboxylic acids is 2. The first-order valence-corrected chi connectivity index (χ1v) is 13.7. The summed E-state index contributed by atoms with van der Waals surface area (Å²) in [7, 11) is 0. The fourth-order valence-electron chi connectivity index (χ4n) is 5.14. The molecule has 2 saturated heterocycles. The molecule has 1 saturated carbocycles. The van der Waals surface area contributed by atoms with Crippen LogP contribution >= 0.6 is 0 Å². The Labute approximate surface area is 218 Å². The van der Waals surface area contributed by atoms with E-state index in [1.165, 1.54) is 0 Å². The Morgan fingerprint density at radius 3 is 2.46 bits per heavy atom. The van der Waals surface area contributed by atoms with Gasteiger partial charge in [0.25, 0.3) is 0 Å². The van der Waals surface area contributed by atoms with Crippen molar-refractivity contribution in [3.05, 3.63) is 23.5 Å². The summed E-state index contributed by atoms with van der Waals surface area (Å²) in [5, 5.41) is 7.89. The number of fused-ring (bicyclic) bond motifs is 1. The topological polar surface area (TPSA) is 101 Å². The largest absolute Gasteiger partial charge is 0.445 e. The molecule has 2 aromatic heterocycles. The van der Waals surface area contributed by atoms with E-state index in [4.69, 9.17) is 14.5 Å². The molecule has 0 aromatic carbocycles. The highest BCUT2D eigenvalue weighted by atomic mass is 16.6. The zero-order chi connectivity index (χ0) is 26.3. The summed E-state index contributed by atoms with van der Waals surface area (Å²) >= 11 is 0. The quantitative estimate of drug-likeness (QED) is 0.632. The fraction of sp³-hybridized carbons (Fsp3) is 0.704. The monoisotopic (exact) mass is 512 g/mol. The lowest BCUT2D eigenvalue weighted by Crippen LogP contribution is -2.51. The fourth-order valence-corrected chi connectivity index (χ4v) is 5.14. The molecule has 0 bridgehead atoms. The van der Waals surface area contributed by atoms with Crippen molar-refractivity contribution in [3.8, 4) is 0 Å². The van der Waals surface area contributed by atoms with Crippen LogP contribution in [-0.2, 0) is 9.47 Å². The number of hydrogen-bond acceptors (Lipinski definition) is 7. The highest BCUT2D eigenvalue weighted by molar-refractivity contribution is 5.88. The number of amides is 2. The van der Waals surface area contributed by atoms with E-state index >= 15 is 0 Å². The molecule has 3 fully saturated rings. The zero-order valence-corrected chi connectivity index (χ0v) is 22.7. The third-order valence-electron chi connectivity index (χ3n) is 7.33. The van der Waals surface area contributed by atoms with Gasteiger partial charge in [0.15, 0.2) is 5.65 Å². The van der Waals surface area contributed by atoms with Gasteiger partial charge in [-0.05, 0) is 65.3 Å². The van der Waals surface area contributed by atoms with Crippen molar-refractivity contribution in [1.29, 1.82) is 0 Å². The van der Waals surface area contributed by atoms with Gasteiger partial charge in [0, 0.05) is 48.9 Å². The van der Waals surface area contributed by atoms with Crippen LogP contribution in [0, 0.1) is 0 Å². The van der Waals surface area contributed by atoms with E-state index < -0.39 is 11.7 Å². The average Bonchev–Trinajstić information content (AvgIpc) is 3.38. The first-order chi connectivity index (χ1) is 17.6. The maximum atomic E-state index is 13.7. The van der Waals surface area contributed by atoms with Crippen LogP contribution in [0.3, 0.4) is 0 Å². The molecule has 37 heavy (non-hydrogen) atoms. The lowest BCUT2D eigenvalue weighted by atomic mass is 10.0. The third-order valence-corrected chi connectivity index (χ3v) is 7.33. The molecule has 2 amide bonds. The molecule has 4 heterocycles. The van der Waals surface area contributed by atoms with Crippen LogP contribution in [-0.4, -0.2) is 75.6 Å². The first kappa shape index (κ1) is 25.8. The van der Waals surface area contributed by atoms with Crippen molar-refractivity contribution >= 4 is 23.7 Å². The molecular weight excluding hydrogens is 472 g/mol. The summed E-state index contributed by atoms with van der Waals surface area (Å²) in [4.78, 5) is 34.9. The van der Waals surface area contributed by atoms with Gasteiger partial charge in [-0.15, -0.1) is 0 Å². The van der Waals surface area contributed by atoms with Gasteiger partial charge in [-0.2, -0.15) is 9.61 Å². The molecule has 1 aliphatic carbocycles. The van der Waals surface area contributed by atoms with Crippen molar-refractivity contribution in [3.63, 3.8) is 0 Å². The smallest absolute Gasteiger partial charge is 0.416 e. The first-order valence-electron chi connectivity index (χ1n) is 13.7. The van der Waals surface area contributed by atoms with E-state index in [-0.39, 0.29) is 24.2 Å². The Balaban J connectivity index is 1.44. The lowest BCUT2D eigenvalue weighted by molar-refractivity contribution is 0.0517. The molecule has 0 radical (unpaired) electrons. The number of likely N-dealkylation sites (tertiary alicyclic amines) is 1. The molecule has 10 heteroatoms. The van der Waals surface area contributed by atoms with Gasteiger partial charge in [-0.25, -0.2) is 14.6 Å². The molecule has 0 spiro atoms. The highest BCUT2D eigenvalue weighted by Gasteiger charge is 2.37. The molecule has 3 aliphatic rings. The summed E-state index contributed by atoms with van der Waals surface area (Å²) < 4.78 is 13.4. The van der Waals surface area contributed by atoms with Crippen LogP contribution in [0.25, 0.3) is 5.65 Å². The van der Waals surface area contributed by atoms with Crippen molar-refractivity contribution in [2.24, 2.45) is 0 Å². The molecule has 1 atom stereocenters. The number of anilines is 1. The third kappa shape index (κ3) is 5.68. The number of nitrogens with one attached hydrogen (secondary N) is 1. The summed E-state index contributed by atoms with van der Waals surface area (Å²) in [6.07, 6.45) is 5.43. The minimum absolute atomic E-state index is 0.0654. The minimum Gasteiger partial charge on any atom is -0.445 e. The van der Waals surface area contributed by atoms with Crippen LogP contribution in [0.4, 0.5) is 15.4 Å². The Hall–Kier alpha value is -2.88. The summed E-state index contributed by atoms with van der Waals surface area (Å²) in [5.41, 5.74) is 2.22. The molecule has 10 nitrogen and oxygen atoms in total. The standard InChI is InChI=1S/C27H40N6O4/c1-17(2)21-16-29-33-23(14-22(18-6-7-18)30-24(21)33)32(26(35)37-27(3,4)5)19-9-12-31(13-10-19)25(34)36-20-8-11-28-15-20/h14,16-20,28H,6-13,15H2,1-5H3/t20-/m0/s1. The Morgan fingerprint density at radius 2 is 1.86 bits per heavy atom. The molecule has 2 aromatic rings. The Bertz CT molecular complexity index is 1140. The predicted molar refractivity (Wildman–Crippen MR) is 140 cm³/mol. The SMILES string of the molecule is CC(C)c1cnn2c(N(C(=O)OC(C)(C)C)C3CCN(C(=O)O[C@H]4CCNC4)CC3)cc(C3CC3)nc12. The number of ether oxygens (including phenoxy) is 2. The summed E-state index contributed by atoms with van der Waals surface area (Å²) in [6.45, 7) is 12.5. The van der Waals surface area contributed by atoms with Crippen LogP contribution in [0.5, 0.6) is 0 Å². The van der Waals surface area contributed by atoms with E-state index in [9.17, 15) is 9.59 Å². The van der Waals surface area contributed by atoms with E-state index in [2.05, 4.69) is 24.3 Å². The lowest BCUT2D eigenvalue weighted by Gasteiger charge is -2.38. The van der Waals surface area contributed by atoms with Crippen molar-refractivity contribution in [2.75, 3.05) is 31.1 Å². The second-order valence-electron chi connectivity index (χ2n) is 11.9. The number of aromatic nitrogens is 3. The minimum atomic E-state index is -0.645. The maximum absolute atomic E-state index is 13.7. The van der Waals surface area contributed by atoms with Crippen molar-refractivity contribution in [1.82, 2.24) is 24.8 Å². The van der Waals surface area contributed by atoms with Gasteiger partial charge in [-0.1, -0.05) is 13.8 Å². The van der Waals surface area contributed by atoms with E-state index in [0.717, 1.165) is 42.7 Å². The molecule has 2 aliphatic heterocycles. The van der Waals surface area contributed by atoms with Crippen LogP contribution in [0.2, 0.25) is 0 Å². The number of hydrogen-bond donors (Lipinski definition) is 1. The van der Waals surface area contributed by atoms with Crippen LogP contribution in [0.1, 0.15) is 89.8 Å². The van der Waals surface area contributed by atoms with E-state index in [0.29, 0.717) is 44.2 Å². The normalized spacial score (nSPS) is 21.0. The number of rotatable bonds is 5. The van der Waals surface area contributed by atoms with Crippen LogP contribution in [0.15, 0.2) is 12.3 Å². The van der Waals surface area contributed by atoms with E-state index in [1.54, 1.807) is 14.3 Å². The molecule has 0 unspecified atom stereocenters. The van der Waals surface area contributed by atoms with Crippen molar-refractivity contribution < 1.29 is 19.1 Å². The summed E-state index contributed by atoms with van der Waals surface area (Å²) in [6, 6.07) is 1.87. The number of piperidine rings is 1. The molecular formula is C27H40N6O4. The van der Waals surface area contributed by atoms with Gasteiger partial charge in [-0.3, -0.25) is 4.90 Å². The second kappa shape index (κ2) is 10.1. The molecule has 5 rings (SSSR count). The maximum Gasteiger partial charge on any atom is 0.416 e. The molecule has 1 N–H and O–H groups in total. The highest BCUT2D eigenvalue weighted by Crippen LogP contribution is 2.41. The van der Waals surface area contributed by atoms with Gasteiger partial charge >= 0.3 is 12.2 Å². The van der Waals surface area contributed by atoms with Gasteiger partial charge in [0.2, 0.25) is 0 Å². The second-order valence-corrected chi connectivity index (χ2v) is 11.9. The Kier molecular flexibility index (Phi) is 7.04.